The first-order chi connectivity index (χ1) is 13.8. The number of hydrogen-bond donors (Lipinski definition) is 2. The monoisotopic (exact) mass is 413 g/mol. The number of hydrogen-bond acceptors (Lipinski definition) is 4. The number of aryl methyl sites for hydroxylation is 2. The lowest BCUT2D eigenvalue weighted by Gasteiger charge is -2.12. The normalized spacial score (nSPS) is 14.6. The van der Waals surface area contributed by atoms with Gasteiger partial charge < -0.3 is 15.6 Å². The van der Waals surface area contributed by atoms with Gasteiger partial charge in [-0.3, -0.25) is 4.55 Å². The fraction of sp³-hybridized carbons (Fsp3) is 0.143. The van der Waals surface area contributed by atoms with Crippen molar-refractivity contribution in [3.8, 4) is 0 Å². The summed E-state index contributed by atoms with van der Waals surface area (Å²) in [6.45, 7) is 5.41. The molecule has 0 saturated carbocycles. The van der Waals surface area contributed by atoms with Crippen LogP contribution in [-0.4, -0.2) is 36.3 Å². The third-order valence-corrected chi connectivity index (χ3v) is 4.83. The van der Waals surface area contributed by atoms with Gasteiger partial charge in [0.25, 0.3) is 10.1 Å². The molecule has 3 rings (SSSR count). The summed E-state index contributed by atoms with van der Waals surface area (Å²) in [4.78, 5) is 11.2. The van der Waals surface area contributed by atoms with Gasteiger partial charge in [0.2, 0.25) is 0 Å². The molecule has 0 radical (unpaired) electrons. The summed E-state index contributed by atoms with van der Waals surface area (Å²) < 4.78 is 30.3. The molecule has 0 aliphatic heterocycles. The molecule has 29 heavy (non-hydrogen) atoms. The van der Waals surface area contributed by atoms with E-state index in [0.29, 0.717) is 11.3 Å². The van der Waals surface area contributed by atoms with Crippen molar-refractivity contribution >= 4 is 28.3 Å². The SMILES string of the molecule is C=O.Cc1ccc(C)c(S(=O)(=O)O)c1.[N-]=[N+]=C1C=CC=CC1Nc1ccccc1. The van der Waals surface area contributed by atoms with E-state index in [4.69, 9.17) is 14.9 Å². The molecule has 0 amide bonds. The molecule has 1 aliphatic rings. The molecule has 2 N–H and O–H groups in total. The van der Waals surface area contributed by atoms with Crippen LogP contribution < -0.4 is 5.32 Å². The molecule has 1 aliphatic carbocycles. The fourth-order valence-corrected chi connectivity index (χ4v) is 3.26. The Bertz CT molecular complexity index is 1030. The Hall–Kier alpha value is -3.32. The predicted molar refractivity (Wildman–Crippen MR) is 114 cm³/mol. The largest absolute Gasteiger partial charge is 0.369 e. The van der Waals surface area contributed by atoms with E-state index in [9.17, 15) is 8.42 Å². The van der Waals surface area contributed by atoms with E-state index in [1.807, 2.05) is 55.3 Å². The summed E-state index contributed by atoms with van der Waals surface area (Å²) in [5.41, 5.74) is 11.8. The average molecular weight is 413 g/mol. The Labute approximate surface area is 170 Å². The molecule has 0 aromatic heterocycles. The predicted octanol–water partition coefficient (Wildman–Crippen LogP) is 3.63. The van der Waals surface area contributed by atoms with Crippen molar-refractivity contribution in [2.45, 2.75) is 24.8 Å². The Morgan fingerprint density at radius 3 is 2.28 bits per heavy atom. The summed E-state index contributed by atoms with van der Waals surface area (Å²) in [6.07, 6.45) is 7.50. The second-order valence-corrected chi connectivity index (χ2v) is 7.39. The van der Waals surface area contributed by atoms with Gasteiger partial charge in [-0.25, -0.2) is 0 Å². The number of carbonyl (C=O) groups is 1. The standard InChI is InChI=1S/C12H11N3.C8H10O3S.CH2O/c13-15-12-9-5-4-8-11(12)14-10-6-2-1-3-7-10;1-6-3-4-7(2)8(5-6)12(9,10)11;1-2/h1-9,11,14H;3-5H,1-2H3,(H,9,10,11);1H2. The number of para-hydroxylation sites is 1. The average Bonchev–Trinajstić information content (AvgIpc) is 2.72. The molecule has 0 bridgehead atoms. The maximum Gasteiger partial charge on any atom is 0.317 e. The van der Waals surface area contributed by atoms with Crippen molar-refractivity contribution in [3.05, 3.63) is 89.5 Å². The summed E-state index contributed by atoms with van der Waals surface area (Å²) in [5.74, 6) is 0. The number of rotatable bonds is 3. The van der Waals surface area contributed by atoms with Gasteiger partial charge in [-0.1, -0.05) is 48.6 Å². The van der Waals surface area contributed by atoms with Crippen LogP contribution >= 0.6 is 0 Å². The van der Waals surface area contributed by atoms with Crippen LogP contribution in [0.3, 0.4) is 0 Å². The minimum atomic E-state index is -4.06. The number of allylic oxidation sites excluding steroid dienone is 2. The summed E-state index contributed by atoms with van der Waals surface area (Å²) in [5, 5.41) is 3.25. The lowest BCUT2D eigenvalue weighted by molar-refractivity contribution is -0.0980. The van der Waals surface area contributed by atoms with E-state index >= 15 is 0 Å². The van der Waals surface area contributed by atoms with Crippen LogP contribution in [0.1, 0.15) is 11.1 Å². The van der Waals surface area contributed by atoms with Crippen LogP contribution in [0.4, 0.5) is 5.69 Å². The second kappa shape index (κ2) is 11.5. The van der Waals surface area contributed by atoms with E-state index < -0.39 is 10.1 Å². The second-order valence-electron chi connectivity index (χ2n) is 6.00. The molecule has 2 aromatic rings. The number of carbonyl (C=O) groups excluding carboxylic acids is 1. The third kappa shape index (κ3) is 7.67. The molecular formula is C21H23N3O4S. The van der Waals surface area contributed by atoms with Crippen molar-refractivity contribution in [1.82, 2.24) is 0 Å². The highest BCUT2D eigenvalue weighted by molar-refractivity contribution is 7.85. The number of nitrogens with zero attached hydrogens (tertiary/aromatic N) is 2. The summed E-state index contributed by atoms with van der Waals surface area (Å²) >= 11 is 0. The van der Waals surface area contributed by atoms with Crippen LogP contribution in [0.25, 0.3) is 5.53 Å². The zero-order valence-corrected chi connectivity index (χ0v) is 17.0. The molecular weight excluding hydrogens is 390 g/mol. The summed E-state index contributed by atoms with van der Waals surface area (Å²) in [6, 6.07) is 14.7. The van der Waals surface area contributed by atoms with E-state index in [1.54, 1.807) is 32.1 Å². The van der Waals surface area contributed by atoms with Gasteiger partial charge in [0, 0.05) is 11.8 Å². The van der Waals surface area contributed by atoms with E-state index in [2.05, 4.69) is 10.1 Å². The molecule has 8 heteroatoms. The maximum atomic E-state index is 10.8. The molecule has 0 saturated heterocycles. The molecule has 0 spiro atoms. The van der Waals surface area contributed by atoms with Crippen molar-refractivity contribution < 1.29 is 22.6 Å². The minimum absolute atomic E-state index is 0.0116. The number of nitrogens with one attached hydrogen (secondary N) is 1. The molecule has 152 valence electrons. The highest BCUT2D eigenvalue weighted by Gasteiger charge is 2.19. The highest BCUT2D eigenvalue weighted by atomic mass is 32.2. The van der Waals surface area contributed by atoms with Gasteiger partial charge in [0.05, 0.1) is 4.90 Å². The highest BCUT2D eigenvalue weighted by Crippen LogP contribution is 2.15. The van der Waals surface area contributed by atoms with Crippen LogP contribution in [0.15, 0.2) is 77.7 Å². The molecule has 1 unspecified atom stereocenters. The van der Waals surface area contributed by atoms with Gasteiger partial charge in [0.1, 0.15) is 12.8 Å². The van der Waals surface area contributed by atoms with E-state index in [1.165, 1.54) is 6.07 Å². The smallest absolute Gasteiger partial charge is 0.317 e. The van der Waals surface area contributed by atoms with Crippen molar-refractivity contribution in [2.75, 3.05) is 5.32 Å². The zero-order chi connectivity index (χ0) is 21.9. The Morgan fingerprint density at radius 2 is 1.72 bits per heavy atom. The Kier molecular flexibility index (Phi) is 9.41. The Balaban J connectivity index is 0.000000273. The van der Waals surface area contributed by atoms with Gasteiger partial charge in [-0.2, -0.15) is 13.2 Å². The van der Waals surface area contributed by atoms with Crippen molar-refractivity contribution in [3.63, 3.8) is 0 Å². The van der Waals surface area contributed by atoms with Crippen LogP contribution in [0.2, 0.25) is 0 Å². The van der Waals surface area contributed by atoms with E-state index in [-0.39, 0.29) is 10.9 Å². The lowest BCUT2D eigenvalue weighted by atomic mass is 10.1. The number of anilines is 1. The van der Waals surface area contributed by atoms with E-state index in [0.717, 1.165) is 11.3 Å². The first kappa shape index (κ1) is 23.7. The van der Waals surface area contributed by atoms with Gasteiger partial charge >= 0.3 is 5.71 Å². The lowest BCUT2D eigenvalue weighted by Crippen LogP contribution is -2.28. The molecule has 2 aromatic carbocycles. The molecule has 0 fully saturated rings. The minimum Gasteiger partial charge on any atom is -0.369 e. The zero-order valence-electron chi connectivity index (χ0n) is 16.2. The molecule has 0 heterocycles. The van der Waals surface area contributed by atoms with Crippen molar-refractivity contribution in [2.24, 2.45) is 0 Å². The van der Waals surface area contributed by atoms with Crippen LogP contribution in [0.5, 0.6) is 0 Å². The van der Waals surface area contributed by atoms with Gasteiger partial charge in [-0.15, -0.1) is 0 Å². The van der Waals surface area contributed by atoms with Crippen LogP contribution in [0, 0.1) is 13.8 Å². The quantitative estimate of drug-likeness (QED) is 0.452. The fourth-order valence-electron chi connectivity index (χ4n) is 2.45. The third-order valence-electron chi connectivity index (χ3n) is 3.83. The number of benzene rings is 2. The van der Waals surface area contributed by atoms with Crippen molar-refractivity contribution in [1.29, 1.82) is 0 Å². The first-order valence-electron chi connectivity index (χ1n) is 8.53. The summed E-state index contributed by atoms with van der Waals surface area (Å²) in [7, 11) is -4.06. The molecule has 7 nitrogen and oxygen atoms in total. The van der Waals surface area contributed by atoms with Crippen LogP contribution in [-0.2, 0) is 14.9 Å². The molecule has 1 atom stereocenters. The first-order valence-corrected chi connectivity index (χ1v) is 9.97. The van der Waals surface area contributed by atoms with Gasteiger partial charge in [-0.05, 0) is 43.2 Å². The maximum absolute atomic E-state index is 10.8. The van der Waals surface area contributed by atoms with Gasteiger partial charge in [0.15, 0.2) is 0 Å². The topological polar surface area (TPSA) is 120 Å². The Morgan fingerprint density at radius 1 is 1.07 bits per heavy atom.